The van der Waals surface area contributed by atoms with E-state index in [-0.39, 0.29) is 24.2 Å². The van der Waals surface area contributed by atoms with Crippen LogP contribution in [0.1, 0.15) is 57.2 Å². The van der Waals surface area contributed by atoms with Gasteiger partial charge in [0.2, 0.25) is 11.8 Å². The Kier molecular flexibility index (Phi) is 7.58. The number of carbonyl (C=O) groups is 3. The fourth-order valence-corrected chi connectivity index (χ4v) is 2.83. The average Bonchev–Trinajstić information content (AvgIpc) is 2.65. The van der Waals surface area contributed by atoms with Gasteiger partial charge >= 0.3 is 6.09 Å². The summed E-state index contributed by atoms with van der Waals surface area (Å²) in [5.41, 5.74) is 7.77. The highest BCUT2D eigenvalue weighted by Crippen LogP contribution is 2.25. The second-order valence-corrected chi connectivity index (χ2v) is 8.12. The highest BCUT2D eigenvalue weighted by molar-refractivity contribution is 5.88. The van der Waals surface area contributed by atoms with E-state index in [2.05, 4.69) is 23.1 Å². The van der Waals surface area contributed by atoms with E-state index in [9.17, 15) is 14.4 Å². The Balaban J connectivity index is 1.90. The van der Waals surface area contributed by atoms with Crippen molar-refractivity contribution in [3.8, 4) is 0 Å². The minimum Gasteiger partial charge on any atom is -0.443 e. The predicted molar refractivity (Wildman–Crippen MR) is 116 cm³/mol. The highest BCUT2D eigenvalue weighted by atomic mass is 16.6. The van der Waals surface area contributed by atoms with E-state index in [4.69, 9.17) is 4.74 Å². The SMILES string of the molecule is CC(=O)Nc1ccc(C(C)c2ccc(CC(=O)NNC(=O)OC(C)(C)C)cc2)cc1. The number of hydrogen-bond acceptors (Lipinski definition) is 4. The van der Waals surface area contributed by atoms with E-state index in [1.54, 1.807) is 20.8 Å². The van der Waals surface area contributed by atoms with Crippen molar-refractivity contribution < 1.29 is 19.1 Å². The van der Waals surface area contributed by atoms with Crippen LogP contribution >= 0.6 is 0 Å². The molecule has 0 aliphatic rings. The van der Waals surface area contributed by atoms with Gasteiger partial charge in [-0.2, -0.15) is 0 Å². The molecule has 0 aliphatic heterocycles. The van der Waals surface area contributed by atoms with Gasteiger partial charge in [-0.25, -0.2) is 10.2 Å². The Morgan fingerprint density at radius 1 is 0.900 bits per heavy atom. The summed E-state index contributed by atoms with van der Waals surface area (Å²) in [7, 11) is 0. The quantitative estimate of drug-likeness (QED) is 0.650. The summed E-state index contributed by atoms with van der Waals surface area (Å²) in [6.45, 7) is 8.81. The van der Waals surface area contributed by atoms with E-state index in [0.29, 0.717) is 0 Å². The van der Waals surface area contributed by atoms with Crippen molar-refractivity contribution in [3.05, 3.63) is 65.2 Å². The molecule has 160 valence electrons. The van der Waals surface area contributed by atoms with E-state index >= 15 is 0 Å². The summed E-state index contributed by atoms with van der Waals surface area (Å²) >= 11 is 0. The van der Waals surface area contributed by atoms with Crippen LogP contribution in [-0.2, 0) is 20.7 Å². The zero-order chi connectivity index (χ0) is 22.3. The number of hydrazine groups is 1. The summed E-state index contributed by atoms with van der Waals surface area (Å²) in [6.07, 6.45) is -0.569. The minimum absolute atomic E-state index is 0.100. The molecule has 0 aliphatic carbocycles. The third kappa shape index (κ3) is 7.58. The second kappa shape index (κ2) is 9.91. The first kappa shape index (κ1) is 22.9. The van der Waals surface area contributed by atoms with Gasteiger partial charge in [0.05, 0.1) is 6.42 Å². The van der Waals surface area contributed by atoms with Crippen molar-refractivity contribution in [3.63, 3.8) is 0 Å². The zero-order valence-electron chi connectivity index (χ0n) is 18.0. The van der Waals surface area contributed by atoms with Gasteiger partial charge in [0.15, 0.2) is 0 Å². The number of hydrogen-bond donors (Lipinski definition) is 3. The van der Waals surface area contributed by atoms with E-state index < -0.39 is 11.7 Å². The fourth-order valence-electron chi connectivity index (χ4n) is 2.83. The molecular weight excluding hydrogens is 382 g/mol. The molecule has 0 aromatic heterocycles. The Bertz CT molecular complexity index is 884. The maximum atomic E-state index is 12.0. The Morgan fingerprint density at radius 2 is 1.43 bits per heavy atom. The lowest BCUT2D eigenvalue weighted by molar-refractivity contribution is -0.121. The fraction of sp³-hybridized carbons (Fsp3) is 0.348. The number of ether oxygens (including phenoxy) is 1. The number of amides is 3. The minimum atomic E-state index is -0.704. The number of carbonyl (C=O) groups excluding carboxylic acids is 3. The first-order valence-corrected chi connectivity index (χ1v) is 9.78. The topological polar surface area (TPSA) is 96.5 Å². The van der Waals surface area contributed by atoms with Gasteiger partial charge in [-0.3, -0.25) is 15.0 Å². The number of anilines is 1. The Morgan fingerprint density at radius 3 is 1.93 bits per heavy atom. The molecule has 0 bridgehead atoms. The standard InChI is InChI=1S/C23H29N3O4/c1-15(19-10-12-20(13-11-19)24-16(2)27)18-8-6-17(7-9-18)14-21(28)25-26-22(29)30-23(3,4)5/h6-13,15H,14H2,1-5H3,(H,24,27)(H,25,28)(H,26,29). The molecule has 2 aromatic carbocycles. The number of rotatable bonds is 5. The molecule has 1 atom stereocenters. The average molecular weight is 412 g/mol. The van der Waals surface area contributed by atoms with Gasteiger partial charge in [-0.15, -0.1) is 0 Å². The van der Waals surface area contributed by atoms with Crippen LogP contribution in [-0.4, -0.2) is 23.5 Å². The highest BCUT2D eigenvalue weighted by Gasteiger charge is 2.16. The molecule has 2 rings (SSSR count). The van der Waals surface area contributed by atoms with Crippen LogP contribution in [0.15, 0.2) is 48.5 Å². The van der Waals surface area contributed by atoms with Crippen LogP contribution in [0.4, 0.5) is 10.5 Å². The smallest absolute Gasteiger partial charge is 0.426 e. The third-order valence-electron chi connectivity index (χ3n) is 4.28. The summed E-state index contributed by atoms with van der Waals surface area (Å²) < 4.78 is 5.06. The van der Waals surface area contributed by atoms with E-state index in [1.165, 1.54) is 6.92 Å². The van der Waals surface area contributed by atoms with Gasteiger partial charge in [-0.1, -0.05) is 43.3 Å². The first-order chi connectivity index (χ1) is 14.0. The molecule has 3 N–H and O–H groups in total. The van der Waals surface area contributed by atoms with Crippen molar-refractivity contribution in [1.29, 1.82) is 0 Å². The largest absolute Gasteiger partial charge is 0.443 e. The molecular formula is C23H29N3O4. The summed E-state index contributed by atoms with van der Waals surface area (Å²) in [6, 6.07) is 15.5. The van der Waals surface area contributed by atoms with Gasteiger partial charge in [0, 0.05) is 18.5 Å². The Labute approximate surface area is 177 Å². The Hall–Kier alpha value is -3.35. The number of benzene rings is 2. The first-order valence-electron chi connectivity index (χ1n) is 9.78. The lowest BCUT2D eigenvalue weighted by atomic mass is 9.92. The maximum absolute atomic E-state index is 12.0. The van der Waals surface area contributed by atoms with Gasteiger partial charge in [0.1, 0.15) is 5.60 Å². The van der Waals surface area contributed by atoms with Crippen LogP contribution in [0, 0.1) is 0 Å². The molecule has 7 heteroatoms. The lowest BCUT2D eigenvalue weighted by Gasteiger charge is -2.19. The van der Waals surface area contributed by atoms with Crippen LogP contribution < -0.4 is 16.2 Å². The van der Waals surface area contributed by atoms with Crippen molar-refractivity contribution in [2.45, 2.75) is 52.6 Å². The molecule has 0 saturated heterocycles. The molecule has 0 saturated carbocycles. The molecule has 7 nitrogen and oxygen atoms in total. The molecule has 0 heterocycles. The van der Waals surface area contributed by atoms with Crippen LogP contribution in [0.25, 0.3) is 0 Å². The summed E-state index contributed by atoms with van der Waals surface area (Å²) in [5.74, 6) is -0.278. The molecule has 1 unspecified atom stereocenters. The molecule has 2 aromatic rings. The monoisotopic (exact) mass is 411 g/mol. The predicted octanol–water partition coefficient (Wildman–Crippen LogP) is 3.90. The van der Waals surface area contributed by atoms with Crippen LogP contribution in [0.3, 0.4) is 0 Å². The maximum Gasteiger partial charge on any atom is 0.426 e. The van der Waals surface area contributed by atoms with Gasteiger partial charge in [0.25, 0.3) is 0 Å². The molecule has 30 heavy (non-hydrogen) atoms. The molecule has 0 radical (unpaired) electrons. The second-order valence-electron chi connectivity index (χ2n) is 8.12. The summed E-state index contributed by atoms with van der Waals surface area (Å²) in [4.78, 5) is 34.7. The van der Waals surface area contributed by atoms with Crippen LogP contribution in [0.5, 0.6) is 0 Å². The third-order valence-corrected chi connectivity index (χ3v) is 4.28. The van der Waals surface area contributed by atoms with E-state index in [1.807, 2.05) is 48.5 Å². The van der Waals surface area contributed by atoms with Crippen molar-refractivity contribution in [2.75, 3.05) is 5.32 Å². The lowest BCUT2D eigenvalue weighted by Crippen LogP contribution is -2.44. The van der Waals surface area contributed by atoms with Crippen molar-refractivity contribution in [2.24, 2.45) is 0 Å². The number of nitrogens with one attached hydrogen (secondary N) is 3. The van der Waals surface area contributed by atoms with Crippen LogP contribution in [0.2, 0.25) is 0 Å². The normalized spacial score (nSPS) is 11.9. The molecule has 3 amide bonds. The van der Waals surface area contributed by atoms with Crippen molar-refractivity contribution >= 4 is 23.6 Å². The summed E-state index contributed by atoms with van der Waals surface area (Å²) in [5, 5.41) is 2.75. The molecule has 0 fully saturated rings. The van der Waals surface area contributed by atoms with Gasteiger partial charge in [-0.05, 0) is 49.6 Å². The van der Waals surface area contributed by atoms with Gasteiger partial charge < -0.3 is 10.1 Å². The van der Waals surface area contributed by atoms with Crippen molar-refractivity contribution in [1.82, 2.24) is 10.9 Å². The zero-order valence-corrected chi connectivity index (χ0v) is 18.0. The van der Waals surface area contributed by atoms with E-state index in [0.717, 1.165) is 22.4 Å². The molecule has 0 spiro atoms.